The van der Waals surface area contributed by atoms with Gasteiger partial charge >= 0.3 is 0 Å². The van der Waals surface area contributed by atoms with Crippen LogP contribution in [0.15, 0.2) is 70.9 Å². The highest BCUT2D eigenvalue weighted by molar-refractivity contribution is 7.21. The average molecular weight is 420 g/mol. The molecular formula is C25H29N3OS. The Labute approximate surface area is 183 Å². The summed E-state index contributed by atoms with van der Waals surface area (Å²) >= 11 is 1.71. The largest absolute Gasteiger partial charge is 0.506 e. The van der Waals surface area contributed by atoms with Crippen molar-refractivity contribution in [2.75, 3.05) is 0 Å². The van der Waals surface area contributed by atoms with Crippen molar-refractivity contribution in [3.8, 4) is 16.3 Å². The molecule has 4 rings (SSSR count). The highest BCUT2D eigenvalue weighted by Crippen LogP contribution is 2.34. The molecule has 1 heterocycles. The lowest BCUT2D eigenvalue weighted by atomic mass is 10.1. The minimum Gasteiger partial charge on any atom is -0.506 e. The number of aromatic hydroxyl groups is 1. The first-order chi connectivity index (χ1) is 14.6. The van der Waals surface area contributed by atoms with Gasteiger partial charge in [-0.25, -0.2) is 4.98 Å². The summed E-state index contributed by atoms with van der Waals surface area (Å²) in [7, 11) is 0. The van der Waals surface area contributed by atoms with E-state index in [1.54, 1.807) is 29.5 Å². The molecule has 1 N–H and O–H groups in total. The first-order valence-electron chi connectivity index (χ1n) is 10.3. The molecule has 156 valence electrons. The van der Waals surface area contributed by atoms with Crippen molar-refractivity contribution in [1.82, 2.24) is 4.98 Å². The summed E-state index contributed by atoms with van der Waals surface area (Å²) in [4.78, 5) is 4.75. The van der Waals surface area contributed by atoms with Crippen molar-refractivity contribution in [2.24, 2.45) is 10.2 Å². The SMILES string of the molecule is CC.CC.Cc1ccc2nc(-c3ccc(N=Nc4ccccc4O)cc3)sc2c1C. The summed E-state index contributed by atoms with van der Waals surface area (Å²) in [6.45, 7) is 12.3. The number of phenols is 1. The third-order valence-corrected chi connectivity index (χ3v) is 5.59. The molecule has 0 aliphatic rings. The summed E-state index contributed by atoms with van der Waals surface area (Å²) < 4.78 is 1.24. The Morgan fingerprint density at radius 3 is 2.13 bits per heavy atom. The summed E-state index contributed by atoms with van der Waals surface area (Å²) in [6, 6.07) is 18.9. The van der Waals surface area contributed by atoms with Gasteiger partial charge in [-0.05, 0) is 67.4 Å². The van der Waals surface area contributed by atoms with Crippen LogP contribution in [0.2, 0.25) is 0 Å². The van der Waals surface area contributed by atoms with Gasteiger partial charge in [-0.15, -0.1) is 16.5 Å². The summed E-state index contributed by atoms with van der Waals surface area (Å²) in [5.74, 6) is 0.119. The van der Waals surface area contributed by atoms with E-state index >= 15 is 0 Å². The van der Waals surface area contributed by atoms with E-state index in [2.05, 4.69) is 36.2 Å². The molecule has 30 heavy (non-hydrogen) atoms. The third kappa shape index (κ3) is 5.30. The molecule has 0 unspecified atom stereocenters. The van der Waals surface area contributed by atoms with Crippen molar-refractivity contribution >= 4 is 32.9 Å². The monoisotopic (exact) mass is 419 g/mol. The number of aryl methyl sites for hydroxylation is 2. The Morgan fingerprint density at radius 1 is 0.800 bits per heavy atom. The number of azo groups is 1. The minimum absolute atomic E-state index is 0.119. The zero-order valence-electron chi connectivity index (χ0n) is 18.5. The van der Waals surface area contributed by atoms with Gasteiger partial charge in [-0.1, -0.05) is 45.9 Å². The fraction of sp³-hybridized carbons (Fsp3) is 0.240. The normalized spacial score (nSPS) is 10.3. The summed E-state index contributed by atoms with van der Waals surface area (Å²) in [5, 5.41) is 19.0. The molecule has 0 atom stereocenters. The highest BCUT2D eigenvalue weighted by atomic mass is 32.1. The number of aromatic nitrogens is 1. The van der Waals surface area contributed by atoms with Gasteiger partial charge in [0.25, 0.3) is 0 Å². The van der Waals surface area contributed by atoms with Gasteiger partial charge in [0.1, 0.15) is 16.4 Å². The smallest absolute Gasteiger partial charge is 0.143 e. The third-order valence-electron chi connectivity index (χ3n) is 4.35. The van der Waals surface area contributed by atoms with E-state index in [1.165, 1.54) is 15.8 Å². The molecule has 0 fully saturated rings. The Balaban J connectivity index is 0.000000757. The Bertz CT molecular complexity index is 1120. The van der Waals surface area contributed by atoms with Gasteiger partial charge in [0.05, 0.1) is 15.9 Å². The maximum atomic E-state index is 9.73. The fourth-order valence-corrected chi connectivity index (χ4v) is 3.80. The maximum Gasteiger partial charge on any atom is 0.143 e. The van der Waals surface area contributed by atoms with Gasteiger partial charge in [0.2, 0.25) is 0 Å². The summed E-state index contributed by atoms with van der Waals surface area (Å²) in [5.41, 5.74) is 5.85. The number of para-hydroxylation sites is 1. The maximum absolute atomic E-state index is 9.73. The predicted octanol–water partition coefficient (Wildman–Crippen LogP) is 8.75. The number of hydrogen-bond donors (Lipinski definition) is 1. The average Bonchev–Trinajstić information content (AvgIpc) is 3.24. The second-order valence-electron chi connectivity index (χ2n) is 6.11. The molecule has 0 radical (unpaired) electrons. The molecule has 5 heteroatoms. The molecule has 3 aromatic carbocycles. The topological polar surface area (TPSA) is 57.8 Å². The van der Waals surface area contributed by atoms with E-state index < -0.39 is 0 Å². The number of rotatable bonds is 3. The first kappa shape index (κ1) is 23.2. The molecule has 0 saturated heterocycles. The van der Waals surface area contributed by atoms with Crippen LogP contribution < -0.4 is 0 Å². The minimum atomic E-state index is 0.119. The first-order valence-corrected chi connectivity index (χ1v) is 11.1. The van der Waals surface area contributed by atoms with E-state index in [1.807, 2.05) is 58.0 Å². The van der Waals surface area contributed by atoms with Crippen LogP contribution in [0.3, 0.4) is 0 Å². The van der Waals surface area contributed by atoms with Crippen molar-refractivity contribution in [3.63, 3.8) is 0 Å². The second kappa shape index (κ2) is 11.2. The number of nitrogens with zero attached hydrogens (tertiary/aromatic N) is 3. The number of thiazole rings is 1. The van der Waals surface area contributed by atoms with Crippen LogP contribution in [-0.2, 0) is 0 Å². The van der Waals surface area contributed by atoms with Gasteiger partial charge in [-0.3, -0.25) is 0 Å². The number of benzene rings is 3. The van der Waals surface area contributed by atoms with Crippen LogP contribution in [0.25, 0.3) is 20.8 Å². The molecule has 0 spiro atoms. The van der Waals surface area contributed by atoms with Crippen LogP contribution in [0, 0.1) is 13.8 Å². The second-order valence-corrected chi connectivity index (χ2v) is 7.11. The van der Waals surface area contributed by atoms with Crippen molar-refractivity contribution in [3.05, 3.63) is 71.8 Å². The van der Waals surface area contributed by atoms with Crippen LogP contribution >= 0.6 is 11.3 Å². The zero-order valence-corrected chi connectivity index (χ0v) is 19.3. The van der Waals surface area contributed by atoms with E-state index in [0.717, 1.165) is 21.8 Å². The van der Waals surface area contributed by atoms with Gasteiger partial charge < -0.3 is 5.11 Å². The van der Waals surface area contributed by atoms with Crippen molar-refractivity contribution in [2.45, 2.75) is 41.5 Å². The predicted molar refractivity (Wildman–Crippen MR) is 130 cm³/mol. The molecule has 0 aliphatic heterocycles. The van der Waals surface area contributed by atoms with Gasteiger partial charge in [0.15, 0.2) is 0 Å². The van der Waals surface area contributed by atoms with E-state index in [9.17, 15) is 5.11 Å². The number of hydrogen-bond acceptors (Lipinski definition) is 5. The molecule has 4 aromatic rings. The lowest BCUT2D eigenvalue weighted by molar-refractivity contribution is 0.476. The lowest BCUT2D eigenvalue weighted by Crippen LogP contribution is -1.79. The van der Waals surface area contributed by atoms with Crippen LogP contribution in [0.1, 0.15) is 38.8 Å². The van der Waals surface area contributed by atoms with Crippen molar-refractivity contribution in [1.29, 1.82) is 0 Å². The fourth-order valence-electron chi connectivity index (χ4n) is 2.68. The van der Waals surface area contributed by atoms with Crippen LogP contribution in [-0.4, -0.2) is 10.1 Å². The zero-order chi connectivity index (χ0) is 22.1. The molecular weight excluding hydrogens is 390 g/mol. The lowest BCUT2D eigenvalue weighted by Gasteiger charge is -1.98. The quantitative estimate of drug-likeness (QED) is 0.337. The summed E-state index contributed by atoms with van der Waals surface area (Å²) in [6.07, 6.45) is 0. The number of phenolic OH excluding ortho intramolecular Hbond substituents is 1. The van der Waals surface area contributed by atoms with Gasteiger partial charge in [0, 0.05) is 5.56 Å². The molecule has 0 aliphatic carbocycles. The molecule has 0 bridgehead atoms. The molecule has 1 aromatic heterocycles. The highest BCUT2D eigenvalue weighted by Gasteiger charge is 2.09. The molecule has 0 amide bonds. The Kier molecular flexibility index (Phi) is 8.69. The number of fused-ring (bicyclic) bond motifs is 1. The van der Waals surface area contributed by atoms with E-state index in [4.69, 9.17) is 4.98 Å². The van der Waals surface area contributed by atoms with Crippen LogP contribution in [0.4, 0.5) is 11.4 Å². The van der Waals surface area contributed by atoms with Crippen molar-refractivity contribution < 1.29 is 5.11 Å². The Morgan fingerprint density at radius 2 is 1.47 bits per heavy atom. The Hall–Kier alpha value is -3.05. The molecule has 4 nitrogen and oxygen atoms in total. The standard InChI is InChI=1S/C21H17N3OS.2C2H6/c1-13-7-12-18-20(14(13)2)26-21(22-18)15-8-10-16(11-9-15)23-24-17-5-3-4-6-19(17)25;2*1-2/h3-12,25H,1-2H3;2*1-2H3. The van der Waals surface area contributed by atoms with Gasteiger partial charge in [-0.2, -0.15) is 5.11 Å². The van der Waals surface area contributed by atoms with E-state index in [0.29, 0.717) is 5.69 Å². The van der Waals surface area contributed by atoms with Crippen LogP contribution in [0.5, 0.6) is 5.75 Å². The molecule has 0 saturated carbocycles. The van der Waals surface area contributed by atoms with E-state index in [-0.39, 0.29) is 5.75 Å².